The monoisotopic (exact) mass is 437 g/mol. The number of hydrogen-bond donors (Lipinski definition) is 0. The molecule has 0 radical (unpaired) electrons. The summed E-state index contributed by atoms with van der Waals surface area (Å²) in [6.07, 6.45) is 0. The summed E-state index contributed by atoms with van der Waals surface area (Å²) < 4.78 is 8.73. The van der Waals surface area contributed by atoms with E-state index in [1.54, 1.807) is 23.8 Å². The second-order valence-corrected chi connectivity index (χ2v) is 8.03. The van der Waals surface area contributed by atoms with Gasteiger partial charge in [-0.05, 0) is 48.9 Å². The Morgan fingerprint density at radius 3 is 2.24 bits per heavy atom. The molecule has 0 N–H and O–H groups in total. The van der Waals surface area contributed by atoms with Crippen molar-refractivity contribution >= 4 is 21.9 Å². The number of pyridine rings is 1. The third kappa shape index (κ3) is 3.31. The first-order valence-electron chi connectivity index (χ1n) is 10.7. The Bertz CT molecular complexity index is 1600. The van der Waals surface area contributed by atoms with E-state index < -0.39 is 0 Å². The van der Waals surface area contributed by atoms with Gasteiger partial charge in [0.05, 0.1) is 18.7 Å². The van der Waals surface area contributed by atoms with Gasteiger partial charge in [-0.15, -0.1) is 0 Å². The highest BCUT2D eigenvalue weighted by atomic mass is 16.5. The number of hydrogen-bond acceptors (Lipinski definition) is 4. The van der Waals surface area contributed by atoms with Crippen molar-refractivity contribution in [1.82, 2.24) is 14.1 Å². The number of ether oxygens (including phenoxy) is 1. The molecule has 0 unspecified atom stereocenters. The van der Waals surface area contributed by atoms with Crippen LogP contribution in [0.1, 0.15) is 18.5 Å². The molecule has 0 saturated heterocycles. The summed E-state index contributed by atoms with van der Waals surface area (Å²) in [5, 5.41) is 0.596. The van der Waals surface area contributed by atoms with Crippen LogP contribution in [-0.4, -0.2) is 21.2 Å². The fourth-order valence-corrected chi connectivity index (χ4v) is 4.35. The van der Waals surface area contributed by atoms with Crippen molar-refractivity contribution < 1.29 is 4.74 Å². The van der Waals surface area contributed by atoms with Gasteiger partial charge < -0.3 is 9.30 Å². The van der Waals surface area contributed by atoms with Crippen molar-refractivity contribution in [2.45, 2.75) is 13.0 Å². The second-order valence-electron chi connectivity index (χ2n) is 8.03. The Morgan fingerprint density at radius 2 is 1.55 bits per heavy atom. The maximum absolute atomic E-state index is 14.0. The number of benzene rings is 3. The van der Waals surface area contributed by atoms with Gasteiger partial charge in [-0.3, -0.25) is 14.2 Å². The lowest BCUT2D eigenvalue weighted by molar-refractivity contribution is 0.415. The Morgan fingerprint density at radius 1 is 0.879 bits per heavy atom. The van der Waals surface area contributed by atoms with Crippen molar-refractivity contribution in [3.8, 4) is 17.1 Å². The predicted octanol–water partition coefficient (Wildman–Crippen LogP) is 4.53. The fourth-order valence-electron chi connectivity index (χ4n) is 4.35. The minimum atomic E-state index is -0.353. The highest BCUT2D eigenvalue weighted by Crippen LogP contribution is 2.27. The topological polar surface area (TPSA) is 66.1 Å². The van der Waals surface area contributed by atoms with Crippen molar-refractivity contribution in [2.75, 3.05) is 7.11 Å². The fraction of sp³-hybridized carbons (Fsp3) is 0.148. The number of aryl methyl sites for hydroxylation is 1. The molecule has 5 rings (SSSR count). The van der Waals surface area contributed by atoms with Crippen LogP contribution in [0.3, 0.4) is 0 Å². The van der Waals surface area contributed by atoms with E-state index >= 15 is 0 Å². The van der Waals surface area contributed by atoms with Gasteiger partial charge in [0.2, 0.25) is 5.43 Å². The van der Waals surface area contributed by atoms with Crippen LogP contribution >= 0.6 is 0 Å². The molecule has 0 bridgehead atoms. The van der Waals surface area contributed by atoms with Crippen LogP contribution in [0.5, 0.6) is 5.75 Å². The quantitative estimate of drug-likeness (QED) is 0.388. The van der Waals surface area contributed by atoms with Crippen LogP contribution in [0.15, 0.2) is 88.5 Å². The normalized spacial score (nSPS) is 12.2. The first-order valence-corrected chi connectivity index (χ1v) is 10.7. The number of nitrogens with zero attached hydrogens (tertiary/aromatic N) is 3. The van der Waals surface area contributed by atoms with Crippen molar-refractivity contribution in [3.63, 3.8) is 0 Å². The van der Waals surface area contributed by atoms with E-state index in [0.29, 0.717) is 22.6 Å². The van der Waals surface area contributed by atoms with Gasteiger partial charge in [0.1, 0.15) is 17.0 Å². The van der Waals surface area contributed by atoms with E-state index in [9.17, 15) is 9.59 Å². The number of fused-ring (bicyclic) bond motifs is 2. The van der Waals surface area contributed by atoms with E-state index in [2.05, 4.69) is 0 Å². The molecule has 6 nitrogen and oxygen atoms in total. The van der Waals surface area contributed by atoms with E-state index in [4.69, 9.17) is 9.72 Å². The van der Waals surface area contributed by atoms with Crippen LogP contribution in [0, 0.1) is 0 Å². The molecule has 164 valence electrons. The summed E-state index contributed by atoms with van der Waals surface area (Å²) in [5.41, 5.74) is 2.16. The van der Waals surface area contributed by atoms with Crippen LogP contribution in [0.4, 0.5) is 0 Å². The third-order valence-electron chi connectivity index (χ3n) is 6.17. The van der Waals surface area contributed by atoms with Gasteiger partial charge in [0.15, 0.2) is 5.65 Å². The molecule has 33 heavy (non-hydrogen) atoms. The lowest BCUT2D eigenvalue weighted by Gasteiger charge is -2.21. The molecular weight excluding hydrogens is 414 g/mol. The van der Waals surface area contributed by atoms with Crippen LogP contribution < -0.4 is 15.7 Å². The molecule has 1 atom stereocenters. The SMILES string of the molecule is COc1ccc(-c2nc3c(c(=O)c4ccccc4n3C)c(=O)n2[C@H](C)c2ccccc2)cc1. The number of rotatable bonds is 4. The summed E-state index contributed by atoms with van der Waals surface area (Å²) in [6.45, 7) is 1.95. The standard InChI is InChI=1S/C27H23N3O3/c1-17(18-9-5-4-6-10-18)30-25(19-13-15-20(33-3)16-14-19)28-26-23(27(30)32)24(31)21-11-7-8-12-22(21)29(26)2/h4-17H,1-3H3/t17-/m1/s1. The van der Waals surface area contributed by atoms with Crippen molar-refractivity contribution in [1.29, 1.82) is 0 Å². The van der Waals surface area contributed by atoms with Gasteiger partial charge in [-0.25, -0.2) is 4.98 Å². The average Bonchev–Trinajstić information content (AvgIpc) is 2.87. The van der Waals surface area contributed by atoms with Gasteiger partial charge in [-0.1, -0.05) is 42.5 Å². The molecule has 6 heteroatoms. The van der Waals surface area contributed by atoms with Crippen LogP contribution in [0.2, 0.25) is 0 Å². The molecule has 2 aromatic heterocycles. The molecule has 2 heterocycles. The van der Waals surface area contributed by atoms with E-state index in [1.807, 2.05) is 85.3 Å². The summed E-state index contributed by atoms with van der Waals surface area (Å²) in [6, 6.07) is 24.1. The van der Waals surface area contributed by atoms with Crippen molar-refractivity contribution in [2.24, 2.45) is 7.05 Å². The molecule has 0 spiro atoms. The molecule has 0 amide bonds. The molecule has 3 aromatic carbocycles. The zero-order chi connectivity index (χ0) is 23.1. The first kappa shape index (κ1) is 20.7. The lowest BCUT2D eigenvalue weighted by atomic mass is 10.1. The Kier molecular flexibility index (Phi) is 5.05. The first-order chi connectivity index (χ1) is 16.0. The van der Waals surface area contributed by atoms with Crippen molar-refractivity contribution in [3.05, 3.63) is 105 Å². The van der Waals surface area contributed by atoms with Gasteiger partial charge in [0, 0.05) is 18.0 Å². The highest BCUT2D eigenvalue weighted by molar-refractivity contribution is 5.92. The highest BCUT2D eigenvalue weighted by Gasteiger charge is 2.22. The summed E-state index contributed by atoms with van der Waals surface area (Å²) in [7, 11) is 3.44. The Hall–Kier alpha value is -4.19. The molecule has 5 aromatic rings. The third-order valence-corrected chi connectivity index (χ3v) is 6.17. The maximum Gasteiger partial charge on any atom is 0.267 e. The molecule has 0 aliphatic heterocycles. The second kappa shape index (κ2) is 8.06. The van der Waals surface area contributed by atoms with E-state index in [1.165, 1.54) is 0 Å². The average molecular weight is 437 g/mol. The predicted molar refractivity (Wildman–Crippen MR) is 131 cm³/mol. The lowest BCUT2D eigenvalue weighted by Crippen LogP contribution is -2.31. The Labute approximate surface area is 190 Å². The Balaban J connectivity index is 1.92. The zero-order valence-corrected chi connectivity index (χ0v) is 18.6. The number of para-hydroxylation sites is 1. The largest absolute Gasteiger partial charge is 0.497 e. The van der Waals surface area contributed by atoms with E-state index in [-0.39, 0.29) is 22.4 Å². The summed E-state index contributed by atoms with van der Waals surface area (Å²) in [4.78, 5) is 32.3. The van der Waals surface area contributed by atoms with E-state index in [0.717, 1.165) is 16.6 Å². The van der Waals surface area contributed by atoms with Gasteiger partial charge in [-0.2, -0.15) is 0 Å². The zero-order valence-electron chi connectivity index (χ0n) is 18.6. The minimum absolute atomic E-state index is 0.0937. The summed E-state index contributed by atoms with van der Waals surface area (Å²) >= 11 is 0. The van der Waals surface area contributed by atoms with Gasteiger partial charge >= 0.3 is 0 Å². The molecule has 0 saturated carbocycles. The number of methoxy groups -OCH3 is 1. The number of aromatic nitrogens is 3. The molecule has 0 aliphatic rings. The molecule has 0 fully saturated rings. The molecular formula is C27H23N3O3. The van der Waals surface area contributed by atoms with Gasteiger partial charge in [0.25, 0.3) is 5.56 Å². The summed E-state index contributed by atoms with van der Waals surface area (Å²) in [5.74, 6) is 1.21. The molecule has 0 aliphatic carbocycles. The minimum Gasteiger partial charge on any atom is -0.497 e. The van der Waals surface area contributed by atoms with Crippen LogP contribution in [-0.2, 0) is 7.05 Å². The smallest absolute Gasteiger partial charge is 0.267 e. The maximum atomic E-state index is 14.0. The van der Waals surface area contributed by atoms with Crippen LogP contribution in [0.25, 0.3) is 33.3 Å².